The van der Waals surface area contributed by atoms with Crippen molar-refractivity contribution < 1.29 is 27.2 Å². The number of oxazole rings is 1. The monoisotopic (exact) mass is 689 g/mol. The van der Waals surface area contributed by atoms with Gasteiger partial charge in [0.05, 0.1) is 18.6 Å². The van der Waals surface area contributed by atoms with E-state index in [1.54, 1.807) is 70.4 Å². The molecule has 0 spiro atoms. The average Bonchev–Trinajstić information content (AvgIpc) is 3.41. The van der Waals surface area contributed by atoms with Gasteiger partial charge in [-0.05, 0) is 73.7 Å². The van der Waals surface area contributed by atoms with Crippen LogP contribution in [0.15, 0.2) is 82.1 Å². The molecule has 0 aliphatic heterocycles. The third-order valence-electron chi connectivity index (χ3n) is 8.12. The van der Waals surface area contributed by atoms with Gasteiger partial charge in [0.2, 0.25) is 10.0 Å². The van der Waals surface area contributed by atoms with E-state index in [0.717, 1.165) is 5.56 Å². The molecule has 1 unspecified atom stereocenters. The van der Waals surface area contributed by atoms with E-state index in [1.165, 1.54) is 16.3 Å². The summed E-state index contributed by atoms with van der Waals surface area (Å²) in [6.07, 6.45) is 0.848. The molecule has 0 radical (unpaired) electrons. The van der Waals surface area contributed by atoms with Crippen LogP contribution in [0.25, 0.3) is 0 Å². The highest BCUT2D eigenvalue weighted by atomic mass is 32.2. The summed E-state index contributed by atoms with van der Waals surface area (Å²) in [5.41, 5.74) is 2.92. The Kier molecular flexibility index (Phi) is 12.6. The topological polar surface area (TPSA) is 134 Å². The van der Waals surface area contributed by atoms with Crippen molar-refractivity contribution in [1.29, 1.82) is 0 Å². The van der Waals surface area contributed by atoms with Crippen LogP contribution < -0.4 is 15.4 Å². The van der Waals surface area contributed by atoms with E-state index < -0.39 is 16.1 Å². The molecular weight excluding hydrogens is 643 g/mol. The minimum atomic E-state index is -3.82. The predicted molar refractivity (Wildman–Crippen MR) is 190 cm³/mol. The van der Waals surface area contributed by atoms with E-state index in [9.17, 15) is 18.0 Å². The van der Waals surface area contributed by atoms with Crippen molar-refractivity contribution >= 4 is 27.5 Å². The fourth-order valence-corrected chi connectivity index (χ4v) is 7.19. The summed E-state index contributed by atoms with van der Waals surface area (Å²) in [5.74, 6) is 1.17. The number of aryl methyl sites for hydroxylation is 2. The molecule has 1 aromatic heterocycles. The van der Waals surface area contributed by atoms with Gasteiger partial charge >= 0.3 is 0 Å². The molecule has 0 aliphatic carbocycles. The standard InChI is InChI=1S/C37H47N5O6S/c1-25(2)23-42(49(45,46)34-15-13-33(47-7)14-16-34)18-17-31(19-28-11-9-8-10-12-28)40-36(43)29-20-30(22-32(21-29)38-5)37(44)41(6)24-35-26(3)48-27(4)39-35/h8-16,20-22,25,31,38H,17-19,23-24H2,1-7H3,(H,40,43). The molecule has 49 heavy (non-hydrogen) atoms. The number of carbonyl (C=O) groups is 2. The predicted octanol–water partition coefficient (Wildman–Crippen LogP) is 5.69. The number of rotatable bonds is 16. The Bertz CT molecular complexity index is 1820. The molecule has 0 saturated heterocycles. The van der Waals surface area contributed by atoms with Crippen molar-refractivity contribution in [1.82, 2.24) is 19.5 Å². The van der Waals surface area contributed by atoms with Crippen molar-refractivity contribution in [3.05, 3.63) is 107 Å². The fourth-order valence-electron chi connectivity index (χ4n) is 5.57. The SMILES string of the molecule is CNc1cc(C(=O)NC(CCN(CC(C)C)S(=O)(=O)c2ccc(OC)cc2)Cc2ccccc2)cc(C(=O)N(C)Cc2nc(C)oc2C)c1. The van der Waals surface area contributed by atoms with Gasteiger partial charge in [0, 0.05) is 57.0 Å². The highest BCUT2D eigenvalue weighted by molar-refractivity contribution is 7.89. The number of amides is 2. The number of sulfonamides is 1. The summed E-state index contributed by atoms with van der Waals surface area (Å²) < 4.78 is 39.8. The van der Waals surface area contributed by atoms with Crippen LogP contribution >= 0.6 is 0 Å². The Labute approximate surface area is 289 Å². The van der Waals surface area contributed by atoms with Gasteiger partial charge in [-0.3, -0.25) is 9.59 Å². The van der Waals surface area contributed by atoms with Crippen LogP contribution in [0.2, 0.25) is 0 Å². The van der Waals surface area contributed by atoms with Gasteiger partial charge in [0.25, 0.3) is 11.8 Å². The summed E-state index contributed by atoms with van der Waals surface area (Å²) in [6.45, 7) is 8.26. The van der Waals surface area contributed by atoms with Crippen LogP contribution in [0, 0.1) is 19.8 Å². The van der Waals surface area contributed by atoms with Crippen molar-refractivity contribution in [2.24, 2.45) is 5.92 Å². The first-order valence-electron chi connectivity index (χ1n) is 16.3. The van der Waals surface area contributed by atoms with Crippen LogP contribution in [-0.4, -0.2) is 74.8 Å². The molecule has 1 heterocycles. The molecule has 4 rings (SSSR count). The Balaban J connectivity index is 1.57. The van der Waals surface area contributed by atoms with Crippen LogP contribution in [-0.2, 0) is 23.0 Å². The van der Waals surface area contributed by atoms with Crippen LogP contribution in [0.1, 0.15) is 63.9 Å². The quantitative estimate of drug-likeness (QED) is 0.153. The maximum atomic E-state index is 13.9. The minimum Gasteiger partial charge on any atom is -0.497 e. The molecule has 0 fully saturated rings. The van der Waals surface area contributed by atoms with E-state index in [-0.39, 0.29) is 35.7 Å². The first-order chi connectivity index (χ1) is 23.3. The fraction of sp³-hybridized carbons (Fsp3) is 0.378. The van der Waals surface area contributed by atoms with Crippen molar-refractivity contribution in [2.75, 3.05) is 39.6 Å². The van der Waals surface area contributed by atoms with Gasteiger partial charge in [-0.1, -0.05) is 44.2 Å². The van der Waals surface area contributed by atoms with Crippen molar-refractivity contribution in [3.63, 3.8) is 0 Å². The van der Waals surface area contributed by atoms with Gasteiger partial charge in [0.15, 0.2) is 5.89 Å². The lowest BCUT2D eigenvalue weighted by Crippen LogP contribution is -2.42. The third kappa shape index (κ3) is 9.93. The molecule has 3 aromatic carbocycles. The highest BCUT2D eigenvalue weighted by Crippen LogP contribution is 2.23. The van der Waals surface area contributed by atoms with Crippen LogP contribution in [0.5, 0.6) is 5.75 Å². The zero-order valence-corrected chi connectivity index (χ0v) is 30.1. The Morgan fingerprint density at radius 1 is 0.980 bits per heavy atom. The first-order valence-corrected chi connectivity index (χ1v) is 17.7. The number of hydrogen-bond acceptors (Lipinski definition) is 8. The van der Waals surface area contributed by atoms with Gasteiger partial charge in [-0.2, -0.15) is 4.31 Å². The van der Waals surface area contributed by atoms with E-state index in [0.29, 0.717) is 59.3 Å². The summed E-state index contributed by atoms with van der Waals surface area (Å²) in [4.78, 5) is 33.5. The number of ether oxygens (including phenoxy) is 1. The second-order valence-electron chi connectivity index (χ2n) is 12.5. The van der Waals surface area contributed by atoms with E-state index in [4.69, 9.17) is 9.15 Å². The number of nitrogens with one attached hydrogen (secondary N) is 2. The lowest BCUT2D eigenvalue weighted by Gasteiger charge is -2.27. The smallest absolute Gasteiger partial charge is 0.254 e. The van der Waals surface area contributed by atoms with E-state index in [2.05, 4.69) is 15.6 Å². The Hall–Kier alpha value is -4.68. The van der Waals surface area contributed by atoms with Crippen LogP contribution in [0.3, 0.4) is 0 Å². The molecule has 262 valence electrons. The molecule has 0 aliphatic rings. The normalized spacial score (nSPS) is 12.2. The molecule has 11 nitrogen and oxygen atoms in total. The third-order valence-corrected chi connectivity index (χ3v) is 10.00. The zero-order chi connectivity index (χ0) is 35.7. The summed E-state index contributed by atoms with van der Waals surface area (Å²) in [5, 5.41) is 6.19. The number of benzene rings is 3. The van der Waals surface area contributed by atoms with E-state index in [1.807, 2.05) is 44.2 Å². The van der Waals surface area contributed by atoms with Crippen LogP contribution in [0.4, 0.5) is 5.69 Å². The Morgan fingerprint density at radius 2 is 1.65 bits per heavy atom. The first kappa shape index (κ1) is 37.1. The summed E-state index contributed by atoms with van der Waals surface area (Å²) >= 11 is 0. The number of aromatic nitrogens is 1. The second-order valence-corrected chi connectivity index (χ2v) is 14.5. The number of anilines is 1. The maximum absolute atomic E-state index is 13.9. The number of hydrogen-bond donors (Lipinski definition) is 2. The van der Waals surface area contributed by atoms with Gasteiger partial charge in [0.1, 0.15) is 17.2 Å². The molecule has 0 bridgehead atoms. The summed E-state index contributed by atoms with van der Waals surface area (Å²) in [7, 11) is 1.11. The molecule has 4 aromatic rings. The Morgan fingerprint density at radius 3 is 2.24 bits per heavy atom. The molecule has 2 amide bonds. The number of nitrogens with zero attached hydrogens (tertiary/aromatic N) is 3. The lowest BCUT2D eigenvalue weighted by molar-refractivity contribution is 0.0783. The van der Waals surface area contributed by atoms with Crippen molar-refractivity contribution in [2.45, 2.75) is 58.0 Å². The number of methoxy groups -OCH3 is 1. The molecule has 12 heteroatoms. The van der Waals surface area contributed by atoms with E-state index >= 15 is 0 Å². The molecule has 2 N–H and O–H groups in total. The van der Waals surface area contributed by atoms with Gasteiger partial charge in [-0.15, -0.1) is 0 Å². The lowest BCUT2D eigenvalue weighted by atomic mass is 10.0. The molecular formula is C37H47N5O6S. The second kappa shape index (κ2) is 16.6. The number of carbonyl (C=O) groups excluding carboxylic acids is 2. The summed E-state index contributed by atoms with van der Waals surface area (Å²) in [6, 6.07) is 20.7. The highest BCUT2D eigenvalue weighted by Gasteiger charge is 2.27. The zero-order valence-electron chi connectivity index (χ0n) is 29.3. The molecule has 1 atom stereocenters. The van der Waals surface area contributed by atoms with Crippen molar-refractivity contribution in [3.8, 4) is 5.75 Å². The maximum Gasteiger partial charge on any atom is 0.254 e. The molecule has 0 saturated carbocycles. The van der Waals surface area contributed by atoms with Gasteiger partial charge < -0.3 is 24.7 Å². The van der Waals surface area contributed by atoms with Gasteiger partial charge in [-0.25, -0.2) is 13.4 Å². The average molecular weight is 690 g/mol. The largest absolute Gasteiger partial charge is 0.497 e. The minimum absolute atomic E-state index is 0.0748.